The third kappa shape index (κ3) is 6.86. The Hall–Kier alpha value is -3.79. The molecule has 4 heteroatoms. The van der Waals surface area contributed by atoms with Crippen molar-refractivity contribution in [3.8, 4) is 16.8 Å². The molecule has 0 aliphatic rings. The van der Waals surface area contributed by atoms with E-state index in [1.165, 1.54) is 33.2 Å². The zero-order valence-electron chi connectivity index (χ0n) is 29.6. The van der Waals surface area contributed by atoms with Crippen molar-refractivity contribution in [1.29, 1.82) is 0 Å². The highest BCUT2D eigenvalue weighted by Gasteiger charge is 2.26. The van der Waals surface area contributed by atoms with Gasteiger partial charge in [-0.25, -0.2) is 0 Å². The lowest BCUT2D eigenvalue weighted by molar-refractivity contribution is 0.590. The summed E-state index contributed by atoms with van der Waals surface area (Å²) in [6, 6.07) is 42.1. The summed E-state index contributed by atoms with van der Waals surface area (Å²) in [7, 11) is 0. The van der Waals surface area contributed by atoms with Gasteiger partial charge in [0.25, 0.3) is 0 Å². The summed E-state index contributed by atoms with van der Waals surface area (Å²) in [6.45, 7) is 20.4. The maximum absolute atomic E-state index is 6.76. The molecule has 0 fully saturated rings. The van der Waals surface area contributed by atoms with Gasteiger partial charge in [-0.15, -0.1) is 0 Å². The molecule has 0 aliphatic heterocycles. The summed E-state index contributed by atoms with van der Waals surface area (Å²) in [5.74, 6) is 1.04. The average Bonchev–Trinajstić information content (AvgIpc) is 3.38. The van der Waals surface area contributed by atoms with Gasteiger partial charge in [0.1, 0.15) is 5.82 Å². The second-order valence-electron chi connectivity index (χ2n) is 16.0. The van der Waals surface area contributed by atoms with Crippen LogP contribution >= 0.6 is 27.5 Å². The fourth-order valence-electron chi connectivity index (χ4n) is 6.32. The lowest BCUT2D eigenvalue weighted by Crippen LogP contribution is -2.16. The van der Waals surface area contributed by atoms with Crippen molar-refractivity contribution in [3.63, 3.8) is 0 Å². The minimum atomic E-state index is -0.000837. The lowest BCUT2D eigenvalue weighted by atomic mass is 9.85. The van der Waals surface area contributed by atoms with Crippen LogP contribution in [0.4, 0.5) is 17.2 Å². The lowest BCUT2D eigenvalue weighted by Gasteiger charge is -2.29. The molecule has 0 saturated heterocycles. The van der Waals surface area contributed by atoms with Crippen molar-refractivity contribution in [2.24, 2.45) is 0 Å². The SMILES string of the molecule is CC(C)(C)c1ccc(N(c2cc(Cl)cc(Br)c2)c2cc3cc(C(C)(C)C)ccc3n2-c2ccc(C(C)(C)C)cc2-c2ccccc2)cc1. The van der Waals surface area contributed by atoms with Gasteiger partial charge in [-0.05, 0) is 99.2 Å². The molecule has 5 aromatic carbocycles. The fraction of sp³-hybridized carbons (Fsp3) is 0.273. The molecule has 6 rings (SSSR count). The van der Waals surface area contributed by atoms with Crippen LogP contribution in [-0.4, -0.2) is 4.57 Å². The van der Waals surface area contributed by atoms with Crippen molar-refractivity contribution in [3.05, 3.63) is 141 Å². The zero-order chi connectivity index (χ0) is 34.6. The number of aromatic nitrogens is 1. The Morgan fingerprint density at radius 2 is 1.15 bits per heavy atom. The first kappa shape index (κ1) is 34.1. The Balaban J connectivity index is 1.73. The maximum atomic E-state index is 6.76. The number of benzene rings is 5. The largest absolute Gasteiger partial charge is 0.296 e. The minimum absolute atomic E-state index is 0.000837. The van der Waals surface area contributed by atoms with E-state index in [9.17, 15) is 0 Å². The smallest absolute Gasteiger partial charge is 0.123 e. The molecule has 48 heavy (non-hydrogen) atoms. The molecule has 246 valence electrons. The Labute approximate surface area is 300 Å². The van der Waals surface area contributed by atoms with E-state index in [-0.39, 0.29) is 16.2 Å². The number of anilines is 3. The van der Waals surface area contributed by atoms with Crippen LogP contribution in [0.25, 0.3) is 27.7 Å². The minimum Gasteiger partial charge on any atom is -0.296 e. The van der Waals surface area contributed by atoms with Crippen molar-refractivity contribution in [2.45, 2.75) is 78.6 Å². The molecule has 0 spiro atoms. The topological polar surface area (TPSA) is 8.17 Å². The number of nitrogens with zero attached hydrogens (tertiary/aromatic N) is 2. The van der Waals surface area contributed by atoms with Crippen molar-refractivity contribution < 1.29 is 0 Å². The van der Waals surface area contributed by atoms with Crippen LogP contribution < -0.4 is 4.90 Å². The molecule has 0 bridgehead atoms. The second-order valence-corrected chi connectivity index (χ2v) is 17.3. The van der Waals surface area contributed by atoms with Gasteiger partial charge in [-0.2, -0.15) is 0 Å². The molecule has 0 atom stereocenters. The fourth-order valence-corrected chi connectivity index (χ4v) is 7.17. The second kappa shape index (κ2) is 12.6. The molecule has 0 aliphatic carbocycles. The van der Waals surface area contributed by atoms with Crippen LogP contribution in [0, 0.1) is 0 Å². The van der Waals surface area contributed by atoms with Gasteiger partial charge in [-0.3, -0.25) is 9.47 Å². The molecule has 0 unspecified atom stereocenters. The molecule has 1 aromatic heterocycles. The van der Waals surface area contributed by atoms with Gasteiger partial charge in [0, 0.05) is 26.1 Å². The van der Waals surface area contributed by atoms with Crippen LogP contribution in [0.1, 0.15) is 79.0 Å². The van der Waals surface area contributed by atoms with Gasteiger partial charge < -0.3 is 0 Å². The molecule has 6 aromatic rings. The Morgan fingerprint density at radius 3 is 1.75 bits per heavy atom. The van der Waals surface area contributed by atoms with E-state index < -0.39 is 0 Å². The third-order valence-corrected chi connectivity index (χ3v) is 9.84. The Morgan fingerprint density at radius 1 is 0.562 bits per heavy atom. The summed E-state index contributed by atoms with van der Waals surface area (Å²) in [5.41, 5.74) is 10.6. The molecular formula is C44H46BrClN2. The summed E-state index contributed by atoms with van der Waals surface area (Å²) >= 11 is 10.5. The van der Waals surface area contributed by atoms with E-state index in [4.69, 9.17) is 11.6 Å². The molecule has 1 heterocycles. The van der Waals surface area contributed by atoms with E-state index >= 15 is 0 Å². The maximum Gasteiger partial charge on any atom is 0.123 e. The predicted octanol–water partition coefficient (Wildman–Crippen LogP) is 14.1. The van der Waals surface area contributed by atoms with Gasteiger partial charge in [0.2, 0.25) is 0 Å². The molecule has 2 nitrogen and oxygen atoms in total. The van der Waals surface area contributed by atoms with Crippen LogP contribution in [0.2, 0.25) is 5.02 Å². The summed E-state index contributed by atoms with van der Waals surface area (Å²) in [6.07, 6.45) is 0. The molecule has 0 radical (unpaired) electrons. The van der Waals surface area contributed by atoms with E-state index in [2.05, 4.69) is 191 Å². The first-order chi connectivity index (χ1) is 22.5. The normalized spacial score (nSPS) is 12.5. The van der Waals surface area contributed by atoms with E-state index in [1.54, 1.807) is 0 Å². The van der Waals surface area contributed by atoms with Gasteiger partial charge in [0.05, 0.1) is 16.9 Å². The van der Waals surface area contributed by atoms with E-state index in [1.807, 2.05) is 12.1 Å². The third-order valence-electron chi connectivity index (χ3n) is 9.16. The number of hydrogen-bond acceptors (Lipinski definition) is 1. The summed E-state index contributed by atoms with van der Waals surface area (Å²) < 4.78 is 3.36. The van der Waals surface area contributed by atoms with Gasteiger partial charge in [0.15, 0.2) is 0 Å². The zero-order valence-corrected chi connectivity index (χ0v) is 32.0. The summed E-state index contributed by atoms with van der Waals surface area (Å²) in [5, 5.41) is 1.86. The summed E-state index contributed by atoms with van der Waals surface area (Å²) in [4.78, 5) is 2.34. The Bertz CT molecular complexity index is 2070. The number of hydrogen-bond donors (Lipinski definition) is 0. The molecular weight excluding hydrogens is 672 g/mol. The first-order valence-corrected chi connectivity index (χ1v) is 17.9. The van der Waals surface area contributed by atoms with Crippen LogP contribution in [0.15, 0.2) is 120 Å². The van der Waals surface area contributed by atoms with Crippen LogP contribution in [-0.2, 0) is 16.2 Å². The molecule has 0 amide bonds. The predicted molar refractivity (Wildman–Crippen MR) is 212 cm³/mol. The number of fused-ring (bicyclic) bond motifs is 1. The van der Waals surface area contributed by atoms with Crippen LogP contribution in [0.5, 0.6) is 0 Å². The number of rotatable bonds is 5. The van der Waals surface area contributed by atoms with Crippen molar-refractivity contribution in [2.75, 3.05) is 4.90 Å². The highest BCUT2D eigenvalue weighted by atomic mass is 79.9. The first-order valence-electron chi connectivity index (χ1n) is 16.7. The quantitative estimate of drug-likeness (QED) is 0.172. The monoisotopic (exact) mass is 716 g/mol. The van der Waals surface area contributed by atoms with Crippen LogP contribution in [0.3, 0.4) is 0 Å². The van der Waals surface area contributed by atoms with Gasteiger partial charge >= 0.3 is 0 Å². The highest BCUT2D eigenvalue weighted by molar-refractivity contribution is 9.10. The van der Waals surface area contributed by atoms with Crippen molar-refractivity contribution in [1.82, 2.24) is 4.57 Å². The molecule has 0 N–H and O–H groups in total. The van der Waals surface area contributed by atoms with Crippen molar-refractivity contribution >= 4 is 55.6 Å². The van der Waals surface area contributed by atoms with E-state index in [0.717, 1.165) is 32.9 Å². The average molecular weight is 718 g/mol. The highest BCUT2D eigenvalue weighted by Crippen LogP contribution is 2.45. The standard InChI is InChI=1S/C44H46BrClN2/c1-42(2,3)31-15-19-36(20-16-31)47(37-27-34(45)26-35(46)28-37)41-24-30-23-32(43(4,5)6)17-21-39(30)48(41)40-22-18-33(44(7,8)9)25-38(40)29-13-11-10-12-14-29/h10-28H,1-9H3. The van der Waals surface area contributed by atoms with Gasteiger partial charge in [-0.1, -0.05) is 144 Å². The molecule has 0 saturated carbocycles. The Kier molecular flexibility index (Phi) is 8.94. The van der Waals surface area contributed by atoms with E-state index in [0.29, 0.717) is 5.02 Å². The number of halogens is 2.